The highest BCUT2D eigenvalue weighted by Crippen LogP contribution is 2.49. The third-order valence-electron chi connectivity index (χ3n) is 7.17. The second-order valence-electron chi connectivity index (χ2n) is 9.07. The Balaban J connectivity index is 1.42. The number of nitrogens with zero attached hydrogens (tertiary/aromatic N) is 4. The molecule has 6 nitrogen and oxygen atoms in total. The van der Waals surface area contributed by atoms with Crippen molar-refractivity contribution < 1.29 is 9.53 Å². The number of likely N-dealkylation sites (tertiary alicyclic amines) is 1. The van der Waals surface area contributed by atoms with Gasteiger partial charge in [-0.25, -0.2) is 4.68 Å². The minimum absolute atomic E-state index is 0.137. The number of benzene rings is 1. The van der Waals surface area contributed by atoms with Crippen molar-refractivity contribution >= 4 is 5.91 Å². The third-order valence-corrected chi connectivity index (χ3v) is 7.17. The van der Waals surface area contributed by atoms with Crippen molar-refractivity contribution in [3.05, 3.63) is 47.3 Å². The molecule has 0 unspecified atom stereocenters. The van der Waals surface area contributed by atoms with E-state index in [1.165, 1.54) is 11.3 Å². The van der Waals surface area contributed by atoms with Crippen molar-refractivity contribution in [3.63, 3.8) is 0 Å². The molecule has 3 aliphatic heterocycles. The molecule has 154 valence electrons. The van der Waals surface area contributed by atoms with Crippen LogP contribution in [-0.4, -0.2) is 56.4 Å². The molecular weight excluding hydrogens is 364 g/mol. The summed E-state index contributed by atoms with van der Waals surface area (Å²) in [5, 5.41) is 4.80. The molecule has 3 fully saturated rings. The molecule has 1 aromatic heterocycles. The van der Waals surface area contributed by atoms with E-state index in [1.807, 2.05) is 22.9 Å². The van der Waals surface area contributed by atoms with Crippen molar-refractivity contribution in [2.24, 2.45) is 5.92 Å². The first kappa shape index (κ1) is 18.8. The number of ether oxygens (including phenoxy) is 1. The Labute approximate surface area is 172 Å². The molecule has 29 heavy (non-hydrogen) atoms. The summed E-state index contributed by atoms with van der Waals surface area (Å²) in [7, 11) is 0. The highest BCUT2D eigenvalue weighted by Gasteiger charge is 2.64. The molecule has 2 aromatic rings. The monoisotopic (exact) mass is 394 g/mol. The van der Waals surface area contributed by atoms with E-state index >= 15 is 0 Å². The lowest BCUT2D eigenvalue weighted by Gasteiger charge is -2.34. The Bertz CT molecular complexity index is 938. The zero-order valence-corrected chi connectivity index (χ0v) is 17.8. The van der Waals surface area contributed by atoms with Crippen LogP contribution in [-0.2, 0) is 16.1 Å². The molecule has 4 heterocycles. The van der Waals surface area contributed by atoms with Gasteiger partial charge in [0.1, 0.15) is 0 Å². The average Bonchev–Trinajstić information content (AvgIpc) is 3.40. The summed E-state index contributed by atoms with van der Waals surface area (Å²) < 4.78 is 8.41. The van der Waals surface area contributed by atoms with Crippen molar-refractivity contribution in [3.8, 4) is 5.69 Å². The van der Waals surface area contributed by atoms with Crippen LogP contribution in [0.1, 0.15) is 43.6 Å². The maximum Gasteiger partial charge on any atom is 0.226 e. The van der Waals surface area contributed by atoms with Crippen LogP contribution in [0.25, 0.3) is 5.69 Å². The molecule has 1 amide bonds. The second-order valence-corrected chi connectivity index (χ2v) is 9.07. The molecule has 3 saturated heterocycles. The molecule has 0 N–H and O–H groups in total. The number of para-hydroxylation sites is 1. The topological polar surface area (TPSA) is 50.6 Å². The van der Waals surface area contributed by atoms with Gasteiger partial charge in [0.15, 0.2) is 5.72 Å². The van der Waals surface area contributed by atoms with Crippen molar-refractivity contribution in [1.29, 1.82) is 0 Å². The van der Waals surface area contributed by atoms with Crippen LogP contribution in [0.4, 0.5) is 0 Å². The van der Waals surface area contributed by atoms with E-state index in [1.54, 1.807) is 0 Å². The van der Waals surface area contributed by atoms with Crippen LogP contribution in [0.5, 0.6) is 0 Å². The first-order valence-electron chi connectivity index (χ1n) is 10.7. The second kappa shape index (κ2) is 6.67. The Morgan fingerprint density at radius 2 is 2.00 bits per heavy atom. The van der Waals surface area contributed by atoms with Gasteiger partial charge in [-0.2, -0.15) is 5.10 Å². The number of rotatable bonds is 4. The number of carbonyl (C=O) groups excluding carboxylic acids is 1. The van der Waals surface area contributed by atoms with Crippen molar-refractivity contribution in [1.82, 2.24) is 19.6 Å². The predicted molar refractivity (Wildman–Crippen MR) is 111 cm³/mol. The van der Waals surface area contributed by atoms with E-state index in [9.17, 15) is 4.79 Å². The van der Waals surface area contributed by atoms with Gasteiger partial charge < -0.3 is 9.64 Å². The fourth-order valence-corrected chi connectivity index (χ4v) is 5.57. The number of aryl methyl sites for hydroxylation is 1. The van der Waals surface area contributed by atoms with E-state index in [2.05, 4.69) is 49.6 Å². The molecule has 0 bridgehead atoms. The maximum atomic E-state index is 12.9. The highest BCUT2D eigenvalue weighted by molar-refractivity contribution is 5.82. The first-order valence-corrected chi connectivity index (χ1v) is 10.7. The molecule has 1 aromatic carbocycles. The van der Waals surface area contributed by atoms with Crippen LogP contribution in [0.3, 0.4) is 0 Å². The number of hydrogen-bond donors (Lipinski definition) is 0. The zero-order chi connectivity index (χ0) is 20.3. The van der Waals surface area contributed by atoms with Gasteiger partial charge >= 0.3 is 0 Å². The smallest absolute Gasteiger partial charge is 0.226 e. The van der Waals surface area contributed by atoms with Gasteiger partial charge in [-0.15, -0.1) is 0 Å². The summed E-state index contributed by atoms with van der Waals surface area (Å²) in [4.78, 5) is 17.4. The average molecular weight is 395 g/mol. The highest BCUT2D eigenvalue weighted by atomic mass is 16.5. The Morgan fingerprint density at radius 1 is 1.24 bits per heavy atom. The van der Waals surface area contributed by atoms with E-state index in [4.69, 9.17) is 9.84 Å². The van der Waals surface area contributed by atoms with Crippen LogP contribution in [0, 0.1) is 19.8 Å². The van der Waals surface area contributed by atoms with E-state index in [0.29, 0.717) is 18.9 Å². The maximum absolute atomic E-state index is 12.9. The number of amides is 1. The molecule has 0 aliphatic carbocycles. The van der Waals surface area contributed by atoms with E-state index in [0.717, 1.165) is 30.9 Å². The molecule has 1 spiro atoms. The SMILES string of the molecule is Cc1nn(-c2ccccc2)c(C)c1CN1CC[C@@]23OC[C@@H](C(C)C)N2C(=O)C[C@@H]13. The first-order chi connectivity index (χ1) is 13.9. The number of carbonyl (C=O) groups is 1. The lowest BCUT2D eigenvalue weighted by atomic mass is 10.0. The molecule has 0 radical (unpaired) electrons. The minimum atomic E-state index is -0.413. The van der Waals surface area contributed by atoms with E-state index in [-0.39, 0.29) is 18.0 Å². The Morgan fingerprint density at radius 3 is 2.72 bits per heavy atom. The molecule has 3 atom stereocenters. The largest absolute Gasteiger partial charge is 0.352 e. The van der Waals surface area contributed by atoms with E-state index < -0.39 is 5.72 Å². The van der Waals surface area contributed by atoms with Crippen LogP contribution < -0.4 is 0 Å². The van der Waals surface area contributed by atoms with Gasteiger partial charge in [0.25, 0.3) is 0 Å². The van der Waals surface area contributed by atoms with Gasteiger partial charge in [-0.3, -0.25) is 9.69 Å². The Hall–Kier alpha value is -2.18. The number of hydrogen-bond acceptors (Lipinski definition) is 4. The van der Waals surface area contributed by atoms with Gasteiger partial charge in [0, 0.05) is 37.2 Å². The third kappa shape index (κ3) is 2.69. The van der Waals surface area contributed by atoms with Crippen molar-refractivity contribution in [2.45, 2.75) is 64.9 Å². The zero-order valence-electron chi connectivity index (χ0n) is 17.8. The van der Waals surface area contributed by atoms with Crippen LogP contribution >= 0.6 is 0 Å². The summed E-state index contributed by atoms with van der Waals surface area (Å²) in [5.74, 6) is 0.670. The van der Waals surface area contributed by atoms with Gasteiger partial charge in [-0.1, -0.05) is 32.0 Å². The lowest BCUT2D eigenvalue weighted by Crippen LogP contribution is -2.50. The summed E-state index contributed by atoms with van der Waals surface area (Å²) >= 11 is 0. The van der Waals surface area contributed by atoms with Gasteiger partial charge in [0.05, 0.1) is 30.1 Å². The minimum Gasteiger partial charge on any atom is -0.352 e. The fourth-order valence-electron chi connectivity index (χ4n) is 5.57. The lowest BCUT2D eigenvalue weighted by molar-refractivity contribution is -0.139. The standard InChI is InChI=1S/C23H30N4O2/c1-15(2)20-14-29-23-10-11-25(21(23)12-22(28)26(20)23)13-19-16(3)24-27(17(19)4)18-8-6-5-7-9-18/h5-9,15,20-21H,10-14H2,1-4H3/t20-,21+,23-/m0/s1. The van der Waals surface area contributed by atoms with Gasteiger partial charge in [0.2, 0.25) is 5.91 Å². The quantitative estimate of drug-likeness (QED) is 0.800. The molecule has 6 heteroatoms. The molecule has 5 rings (SSSR count). The molecule has 3 aliphatic rings. The Kier molecular flexibility index (Phi) is 4.33. The van der Waals surface area contributed by atoms with Crippen molar-refractivity contribution in [2.75, 3.05) is 13.2 Å². The van der Waals surface area contributed by atoms with Gasteiger partial charge in [-0.05, 0) is 31.9 Å². The summed E-state index contributed by atoms with van der Waals surface area (Å²) in [6.45, 7) is 11.0. The van der Waals surface area contributed by atoms with Crippen LogP contribution in [0.15, 0.2) is 30.3 Å². The summed E-state index contributed by atoms with van der Waals surface area (Å²) in [5.41, 5.74) is 4.15. The number of aromatic nitrogens is 2. The fraction of sp³-hybridized carbons (Fsp3) is 0.565. The predicted octanol–water partition coefficient (Wildman–Crippen LogP) is 3.05. The summed E-state index contributed by atoms with van der Waals surface area (Å²) in [6.07, 6.45) is 1.46. The summed E-state index contributed by atoms with van der Waals surface area (Å²) in [6, 6.07) is 10.6. The van der Waals surface area contributed by atoms with Crippen LogP contribution in [0.2, 0.25) is 0 Å². The molecule has 0 saturated carbocycles. The molecular formula is C23H30N4O2. The normalized spacial score (nSPS) is 29.1.